The van der Waals surface area contributed by atoms with Gasteiger partial charge in [0.05, 0.1) is 31.3 Å². The highest BCUT2D eigenvalue weighted by molar-refractivity contribution is 5.90. The maximum absolute atomic E-state index is 15.1. The summed E-state index contributed by atoms with van der Waals surface area (Å²) in [5, 5.41) is 24.6. The Morgan fingerprint density at radius 1 is 1.33 bits per heavy atom. The van der Waals surface area contributed by atoms with Gasteiger partial charge in [0.2, 0.25) is 17.7 Å². The molecule has 1 saturated carbocycles. The monoisotopic (exact) mass is 539 g/mol. The molecule has 3 aromatic heterocycles. The third-order valence-electron chi connectivity index (χ3n) is 7.32. The van der Waals surface area contributed by atoms with Crippen molar-refractivity contribution in [3.63, 3.8) is 0 Å². The fourth-order valence-corrected chi connectivity index (χ4v) is 5.05. The number of hydrogen-bond acceptors (Lipinski definition) is 8. The quantitative estimate of drug-likeness (QED) is 0.380. The molecule has 0 radical (unpaired) electrons. The van der Waals surface area contributed by atoms with Gasteiger partial charge in [-0.25, -0.2) is 22.4 Å². The first-order chi connectivity index (χ1) is 18.8. The van der Waals surface area contributed by atoms with E-state index in [4.69, 9.17) is 4.74 Å². The standard InChI is InChI=1S/C25H24F3N9O2/c1-39-22-21-15(14-2-3-18-19(10-14)37(34-32-18)12-20(27)28)4-9-36(21)33-24(31-22)30-17-5-8-35(11-16(17)26)23(38)25(13-29)6-7-25/h2-4,9-10,16-17,20H,5-8,11-12H2,1H3,(H,30,33)/t16-,17+/m1/s1. The number of piperidine rings is 1. The molecule has 2 atom stereocenters. The van der Waals surface area contributed by atoms with Crippen LogP contribution in [0.4, 0.5) is 19.1 Å². The van der Waals surface area contributed by atoms with Crippen molar-refractivity contribution in [1.82, 2.24) is 34.5 Å². The molecule has 202 valence electrons. The first kappa shape index (κ1) is 24.9. The number of ether oxygens (including phenoxy) is 1. The average Bonchev–Trinajstić information content (AvgIpc) is 3.47. The largest absolute Gasteiger partial charge is 0.479 e. The lowest BCUT2D eigenvalue weighted by Crippen LogP contribution is -2.51. The number of rotatable bonds is 7. The fourth-order valence-electron chi connectivity index (χ4n) is 5.05. The van der Waals surface area contributed by atoms with Gasteiger partial charge in [-0.2, -0.15) is 10.2 Å². The SMILES string of the molecule is COc1nc(N[C@H]2CCN(C(=O)C3(C#N)CC3)C[C@H]2F)nn2ccc(-c3ccc4nnn(CC(F)F)c4c3)c12. The predicted molar refractivity (Wildman–Crippen MR) is 133 cm³/mol. The molecule has 14 heteroatoms. The minimum Gasteiger partial charge on any atom is -0.479 e. The maximum atomic E-state index is 15.1. The molecule has 0 unspecified atom stereocenters. The summed E-state index contributed by atoms with van der Waals surface area (Å²) in [7, 11) is 1.46. The van der Waals surface area contributed by atoms with Crippen LogP contribution in [0.3, 0.4) is 0 Å². The predicted octanol–water partition coefficient (Wildman–Crippen LogP) is 3.07. The number of carbonyl (C=O) groups excluding carboxylic acids is 1. The molecule has 1 aromatic carbocycles. The molecule has 39 heavy (non-hydrogen) atoms. The molecule has 1 N–H and O–H groups in total. The van der Waals surface area contributed by atoms with Crippen LogP contribution >= 0.6 is 0 Å². The van der Waals surface area contributed by atoms with Crippen LogP contribution in [0.1, 0.15) is 19.3 Å². The number of amides is 1. The van der Waals surface area contributed by atoms with Gasteiger partial charge in [-0.1, -0.05) is 11.3 Å². The van der Waals surface area contributed by atoms with E-state index in [-0.39, 0.29) is 24.3 Å². The first-order valence-electron chi connectivity index (χ1n) is 12.5. The highest BCUT2D eigenvalue weighted by Crippen LogP contribution is 2.47. The normalized spacial score (nSPS) is 20.4. The summed E-state index contributed by atoms with van der Waals surface area (Å²) in [5.74, 6) is 0.0929. The molecule has 1 aliphatic heterocycles. The molecule has 2 aliphatic rings. The van der Waals surface area contributed by atoms with Crippen LogP contribution in [-0.2, 0) is 11.3 Å². The van der Waals surface area contributed by atoms with Gasteiger partial charge < -0.3 is 15.0 Å². The van der Waals surface area contributed by atoms with Gasteiger partial charge in [0.15, 0.2) is 0 Å². The van der Waals surface area contributed by atoms with Gasteiger partial charge in [0.1, 0.15) is 29.2 Å². The molecule has 1 aliphatic carbocycles. The molecule has 11 nitrogen and oxygen atoms in total. The number of aromatic nitrogens is 6. The highest BCUT2D eigenvalue weighted by Gasteiger charge is 2.53. The summed E-state index contributed by atoms with van der Waals surface area (Å²) in [6, 6.07) is 8.46. The average molecular weight is 540 g/mol. The number of methoxy groups -OCH3 is 1. The molecular weight excluding hydrogens is 515 g/mol. The van der Waals surface area contributed by atoms with Crippen molar-refractivity contribution in [1.29, 1.82) is 5.26 Å². The van der Waals surface area contributed by atoms with Crippen LogP contribution in [0.15, 0.2) is 30.5 Å². The van der Waals surface area contributed by atoms with Crippen LogP contribution in [0, 0.1) is 16.7 Å². The minimum atomic E-state index is -2.57. The van der Waals surface area contributed by atoms with E-state index in [9.17, 15) is 18.8 Å². The lowest BCUT2D eigenvalue weighted by atomic mass is 10.00. The summed E-state index contributed by atoms with van der Waals surface area (Å²) >= 11 is 0. The second-order valence-electron chi connectivity index (χ2n) is 9.83. The smallest absolute Gasteiger partial charge is 0.258 e. The molecule has 6 rings (SSSR count). The van der Waals surface area contributed by atoms with Crippen LogP contribution < -0.4 is 10.1 Å². The summed E-state index contributed by atoms with van der Waals surface area (Å²) in [6.07, 6.45) is -0.875. The Bertz CT molecular complexity index is 1610. The summed E-state index contributed by atoms with van der Waals surface area (Å²) in [6.45, 7) is -0.348. The van der Waals surface area contributed by atoms with Crippen LogP contribution in [0.2, 0.25) is 0 Å². The van der Waals surface area contributed by atoms with Gasteiger partial charge in [-0.3, -0.25) is 4.79 Å². The fraction of sp³-hybridized carbons (Fsp3) is 0.440. The van der Waals surface area contributed by atoms with Crippen molar-refractivity contribution in [3.05, 3.63) is 30.5 Å². The van der Waals surface area contributed by atoms with Gasteiger partial charge in [0, 0.05) is 18.3 Å². The van der Waals surface area contributed by atoms with Crippen LogP contribution in [0.25, 0.3) is 27.7 Å². The number of nitriles is 1. The first-order valence-corrected chi connectivity index (χ1v) is 12.5. The number of nitrogens with zero attached hydrogens (tertiary/aromatic N) is 8. The number of alkyl halides is 3. The summed E-state index contributed by atoms with van der Waals surface area (Å²) in [4.78, 5) is 18.5. The molecule has 0 bridgehead atoms. The lowest BCUT2D eigenvalue weighted by Gasteiger charge is -2.35. The van der Waals surface area contributed by atoms with Gasteiger partial charge in [-0.15, -0.1) is 10.2 Å². The molecule has 0 spiro atoms. The van der Waals surface area contributed by atoms with E-state index in [0.717, 1.165) is 4.68 Å². The van der Waals surface area contributed by atoms with Crippen molar-refractivity contribution in [3.8, 4) is 23.1 Å². The van der Waals surface area contributed by atoms with E-state index in [1.165, 1.54) is 12.0 Å². The Balaban J connectivity index is 1.25. The highest BCUT2D eigenvalue weighted by atomic mass is 19.3. The number of fused-ring (bicyclic) bond motifs is 2. The van der Waals surface area contributed by atoms with E-state index in [1.807, 2.05) is 0 Å². The number of nitrogens with one attached hydrogen (secondary N) is 1. The second kappa shape index (κ2) is 9.40. The Morgan fingerprint density at radius 2 is 2.15 bits per heavy atom. The lowest BCUT2D eigenvalue weighted by molar-refractivity contribution is -0.137. The van der Waals surface area contributed by atoms with Gasteiger partial charge >= 0.3 is 0 Å². The number of anilines is 1. The number of hydrogen-bond donors (Lipinski definition) is 1. The van der Waals surface area contributed by atoms with E-state index < -0.39 is 30.6 Å². The van der Waals surface area contributed by atoms with E-state index in [2.05, 4.69) is 31.8 Å². The van der Waals surface area contributed by atoms with Crippen molar-refractivity contribution >= 4 is 28.4 Å². The van der Waals surface area contributed by atoms with Gasteiger partial charge in [-0.05, 0) is 43.0 Å². The number of benzene rings is 1. The zero-order valence-electron chi connectivity index (χ0n) is 20.9. The molecule has 2 fully saturated rings. The Hall–Kier alpha value is -4.41. The van der Waals surface area contributed by atoms with Crippen molar-refractivity contribution in [2.45, 2.75) is 44.4 Å². The van der Waals surface area contributed by atoms with Gasteiger partial charge in [0.25, 0.3) is 6.43 Å². The zero-order valence-corrected chi connectivity index (χ0v) is 20.9. The Morgan fingerprint density at radius 3 is 2.85 bits per heavy atom. The molecule has 1 saturated heterocycles. The molecular formula is C25H24F3N9O2. The molecule has 4 heterocycles. The topological polar surface area (TPSA) is 126 Å². The van der Waals surface area contributed by atoms with Crippen LogP contribution in [0.5, 0.6) is 5.88 Å². The summed E-state index contributed by atoms with van der Waals surface area (Å²) in [5.41, 5.74) is 1.93. The Kier molecular flexibility index (Phi) is 6.00. The third-order valence-corrected chi connectivity index (χ3v) is 7.32. The molecule has 4 aromatic rings. The van der Waals surface area contributed by atoms with E-state index >= 15 is 4.39 Å². The minimum absolute atomic E-state index is 0.105. The van der Waals surface area contributed by atoms with Crippen LogP contribution in [-0.4, -0.2) is 79.2 Å². The number of likely N-dealkylation sites (tertiary alicyclic amines) is 1. The maximum Gasteiger partial charge on any atom is 0.258 e. The van der Waals surface area contributed by atoms with Crippen molar-refractivity contribution < 1.29 is 22.7 Å². The van der Waals surface area contributed by atoms with E-state index in [1.54, 1.807) is 35.0 Å². The number of halogens is 3. The number of carbonyl (C=O) groups is 1. The summed E-state index contributed by atoms with van der Waals surface area (Å²) < 4.78 is 49.3. The molecule has 1 amide bonds. The second-order valence-corrected chi connectivity index (χ2v) is 9.83. The van der Waals surface area contributed by atoms with Crippen molar-refractivity contribution in [2.75, 3.05) is 25.5 Å². The third kappa shape index (κ3) is 4.37. The van der Waals surface area contributed by atoms with Crippen molar-refractivity contribution in [2.24, 2.45) is 5.41 Å². The Labute approximate surface area is 220 Å². The van der Waals surface area contributed by atoms with E-state index in [0.29, 0.717) is 53.5 Å². The zero-order chi connectivity index (χ0) is 27.3.